The van der Waals surface area contributed by atoms with Crippen molar-refractivity contribution in [2.24, 2.45) is 7.05 Å². The summed E-state index contributed by atoms with van der Waals surface area (Å²) in [6.07, 6.45) is 3.08. The van der Waals surface area contributed by atoms with Crippen LogP contribution in [-0.4, -0.2) is 31.0 Å². The lowest BCUT2D eigenvalue weighted by molar-refractivity contribution is 0.560. The van der Waals surface area contributed by atoms with Gasteiger partial charge in [-0.25, -0.2) is 8.42 Å². The number of hydrogen-bond acceptors (Lipinski definition) is 4. The number of aromatic nitrogens is 1. The fraction of sp³-hybridized carbons (Fsp3) is 0.545. The molecule has 1 aromatic rings. The lowest BCUT2D eigenvalue weighted by atomic mass is 10.3. The molecule has 17 heavy (non-hydrogen) atoms. The molecule has 5 nitrogen and oxygen atoms in total. The van der Waals surface area contributed by atoms with Gasteiger partial charge >= 0.3 is 0 Å². The van der Waals surface area contributed by atoms with Crippen LogP contribution < -0.4 is 5.32 Å². The van der Waals surface area contributed by atoms with E-state index < -0.39 is 9.84 Å². The van der Waals surface area contributed by atoms with E-state index in [0.29, 0.717) is 12.2 Å². The molecule has 0 aliphatic rings. The van der Waals surface area contributed by atoms with Gasteiger partial charge in [0.1, 0.15) is 21.6 Å². The van der Waals surface area contributed by atoms with Gasteiger partial charge in [0.2, 0.25) is 0 Å². The van der Waals surface area contributed by atoms with E-state index in [1.165, 1.54) is 6.26 Å². The molecule has 1 heterocycles. The van der Waals surface area contributed by atoms with E-state index in [4.69, 9.17) is 5.26 Å². The zero-order chi connectivity index (χ0) is 13.1. The van der Waals surface area contributed by atoms with E-state index in [1.54, 1.807) is 10.6 Å². The molecule has 1 unspecified atom stereocenters. The van der Waals surface area contributed by atoms with Crippen molar-refractivity contribution in [2.45, 2.75) is 19.5 Å². The number of sulfone groups is 1. The normalized spacial score (nSPS) is 13.3. The van der Waals surface area contributed by atoms with Gasteiger partial charge in [-0.1, -0.05) is 0 Å². The van der Waals surface area contributed by atoms with Gasteiger partial charge in [-0.15, -0.1) is 0 Å². The Labute approximate surface area is 102 Å². The average Bonchev–Trinajstić information content (AvgIpc) is 2.53. The minimum Gasteiger partial charge on any atom is -0.342 e. The highest BCUT2D eigenvalue weighted by molar-refractivity contribution is 7.90. The Bertz CT molecular complexity index is 525. The van der Waals surface area contributed by atoms with Crippen molar-refractivity contribution in [2.75, 3.05) is 12.0 Å². The SMILES string of the molecule is CC(CS(C)(=O)=O)NCc1cc(C#N)n(C)c1. The Hall–Kier alpha value is -1.32. The standard InChI is InChI=1S/C11H17N3O2S/c1-9(8-17(3,15)16)13-6-10-4-11(5-12)14(2)7-10/h4,7,9,13H,6,8H2,1-3H3. The fourth-order valence-corrected chi connectivity index (χ4v) is 2.67. The minimum absolute atomic E-state index is 0.101. The van der Waals surface area contributed by atoms with E-state index in [9.17, 15) is 8.42 Å². The molecule has 6 heteroatoms. The van der Waals surface area contributed by atoms with Crippen LogP contribution in [0.4, 0.5) is 0 Å². The third-order valence-electron chi connectivity index (χ3n) is 2.38. The van der Waals surface area contributed by atoms with E-state index >= 15 is 0 Å². The van der Waals surface area contributed by atoms with Gasteiger partial charge in [0.05, 0.1) is 5.75 Å². The smallest absolute Gasteiger partial charge is 0.148 e. The molecular weight excluding hydrogens is 238 g/mol. The first-order valence-corrected chi connectivity index (χ1v) is 7.34. The maximum absolute atomic E-state index is 11.1. The summed E-state index contributed by atoms with van der Waals surface area (Å²) in [7, 11) is -1.15. The lowest BCUT2D eigenvalue weighted by Gasteiger charge is -2.11. The Balaban J connectivity index is 2.53. The zero-order valence-corrected chi connectivity index (χ0v) is 11.1. The van der Waals surface area contributed by atoms with E-state index in [1.807, 2.05) is 20.2 Å². The number of nitrogens with zero attached hydrogens (tertiary/aromatic N) is 2. The van der Waals surface area contributed by atoms with Gasteiger partial charge in [-0.3, -0.25) is 0 Å². The number of aryl methyl sites for hydroxylation is 1. The van der Waals surface area contributed by atoms with Gasteiger partial charge in [0.25, 0.3) is 0 Å². The molecule has 1 aromatic heterocycles. The largest absolute Gasteiger partial charge is 0.342 e. The summed E-state index contributed by atoms with van der Waals surface area (Å²) in [6.45, 7) is 2.39. The van der Waals surface area contributed by atoms with E-state index in [2.05, 4.69) is 11.4 Å². The Kier molecular flexibility index (Phi) is 4.32. The highest BCUT2D eigenvalue weighted by Crippen LogP contribution is 2.06. The molecule has 94 valence electrons. The predicted molar refractivity (Wildman–Crippen MR) is 66.1 cm³/mol. The molecule has 0 saturated heterocycles. The predicted octanol–water partition coefficient (Wildman–Crippen LogP) is 0.419. The Morgan fingerprint density at radius 2 is 2.24 bits per heavy atom. The molecule has 0 spiro atoms. The van der Waals surface area contributed by atoms with E-state index in [-0.39, 0.29) is 11.8 Å². The van der Waals surface area contributed by atoms with Gasteiger partial charge < -0.3 is 9.88 Å². The van der Waals surface area contributed by atoms with Crippen LogP contribution in [0.1, 0.15) is 18.2 Å². The molecule has 1 N–H and O–H groups in total. The van der Waals surface area contributed by atoms with Crippen LogP contribution in [-0.2, 0) is 23.4 Å². The van der Waals surface area contributed by atoms with Crippen molar-refractivity contribution in [3.63, 3.8) is 0 Å². The summed E-state index contributed by atoms with van der Waals surface area (Å²) in [5.74, 6) is 0.116. The highest BCUT2D eigenvalue weighted by atomic mass is 32.2. The molecule has 0 aliphatic carbocycles. The summed E-state index contributed by atoms with van der Waals surface area (Å²) in [6, 6.07) is 3.77. The Morgan fingerprint density at radius 3 is 2.71 bits per heavy atom. The summed E-state index contributed by atoms with van der Waals surface area (Å²) in [5, 5.41) is 11.9. The molecule has 0 amide bonds. The molecular formula is C11H17N3O2S. The lowest BCUT2D eigenvalue weighted by Crippen LogP contribution is -2.32. The topological polar surface area (TPSA) is 74.9 Å². The second kappa shape index (κ2) is 5.34. The van der Waals surface area contributed by atoms with Gasteiger partial charge in [-0.2, -0.15) is 5.26 Å². The summed E-state index contributed by atoms with van der Waals surface area (Å²) in [5.41, 5.74) is 1.57. The van der Waals surface area contributed by atoms with E-state index in [0.717, 1.165) is 5.56 Å². The number of nitrogens with one attached hydrogen (secondary N) is 1. The van der Waals surface area contributed by atoms with Crippen LogP contribution in [0, 0.1) is 11.3 Å². The second-order valence-electron chi connectivity index (χ2n) is 4.33. The van der Waals surface area contributed by atoms with Crippen molar-refractivity contribution in [3.05, 3.63) is 23.5 Å². The van der Waals surface area contributed by atoms with Crippen LogP contribution in [0.15, 0.2) is 12.3 Å². The molecule has 0 fully saturated rings. The molecule has 1 rings (SSSR count). The third kappa shape index (κ3) is 4.59. The first kappa shape index (κ1) is 13.7. The van der Waals surface area contributed by atoms with Crippen molar-refractivity contribution >= 4 is 9.84 Å². The Morgan fingerprint density at radius 1 is 1.59 bits per heavy atom. The fourth-order valence-electron chi connectivity index (χ4n) is 1.65. The number of hydrogen-bond donors (Lipinski definition) is 1. The molecule has 0 radical (unpaired) electrons. The average molecular weight is 255 g/mol. The molecule has 0 saturated carbocycles. The monoisotopic (exact) mass is 255 g/mol. The summed E-state index contributed by atoms with van der Waals surface area (Å²) in [4.78, 5) is 0. The first-order valence-electron chi connectivity index (χ1n) is 5.28. The minimum atomic E-state index is -2.96. The van der Waals surface area contributed by atoms with Crippen molar-refractivity contribution in [3.8, 4) is 6.07 Å². The molecule has 0 bridgehead atoms. The quantitative estimate of drug-likeness (QED) is 0.827. The summed E-state index contributed by atoms with van der Waals surface area (Å²) >= 11 is 0. The molecule has 1 atom stereocenters. The van der Waals surface area contributed by atoms with Crippen molar-refractivity contribution in [1.82, 2.24) is 9.88 Å². The van der Waals surface area contributed by atoms with Crippen LogP contribution in [0.3, 0.4) is 0 Å². The zero-order valence-electron chi connectivity index (χ0n) is 10.3. The first-order chi connectivity index (χ1) is 7.81. The second-order valence-corrected chi connectivity index (χ2v) is 6.52. The maximum Gasteiger partial charge on any atom is 0.148 e. The van der Waals surface area contributed by atoms with Crippen LogP contribution in [0.5, 0.6) is 0 Å². The molecule has 0 aliphatic heterocycles. The highest BCUT2D eigenvalue weighted by Gasteiger charge is 2.10. The van der Waals surface area contributed by atoms with Crippen LogP contribution in [0.2, 0.25) is 0 Å². The summed E-state index contributed by atoms with van der Waals surface area (Å²) < 4.78 is 23.9. The van der Waals surface area contributed by atoms with Gasteiger partial charge in [0.15, 0.2) is 0 Å². The van der Waals surface area contributed by atoms with Gasteiger partial charge in [0, 0.05) is 32.1 Å². The maximum atomic E-state index is 11.1. The van der Waals surface area contributed by atoms with Crippen molar-refractivity contribution < 1.29 is 8.42 Å². The van der Waals surface area contributed by atoms with Crippen LogP contribution in [0.25, 0.3) is 0 Å². The molecule has 0 aromatic carbocycles. The van der Waals surface area contributed by atoms with Crippen LogP contribution >= 0.6 is 0 Å². The van der Waals surface area contributed by atoms with Gasteiger partial charge in [-0.05, 0) is 18.6 Å². The van der Waals surface area contributed by atoms with Crippen molar-refractivity contribution in [1.29, 1.82) is 5.26 Å². The third-order valence-corrected chi connectivity index (χ3v) is 3.49. The number of rotatable bonds is 5. The number of nitriles is 1.